The number of halogens is 1. The molecule has 1 amide bonds. The molecule has 0 saturated carbocycles. The number of benzene rings is 1. The highest BCUT2D eigenvalue weighted by molar-refractivity contribution is 9.10. The van der Waals surface area contributed by atoms with Crippen molar-refractivity contribution in [1.29, 1.82) is 0 Å². The van der Waals surface area contributed by atoms with Crippen LogP contribution in [0, 0.1) is 0 Å². The second-order valence-electron chi connectivity index (χ2n) is 3.81. The lowest BCUT2D eigenvalue weighted by Crippen LogP contribution is -2.31. The van der Waals surface area contributed by atoms with Gasteiger partial charge in [0.15, 0.2) is 6.61 Å². The van der Waals surface area contributed by atoms with Crippen molar-refractivity contribution in [2.75, 3.05) is 26.9 Å². The van der Waals surface area contributed by atoms with E-state index in [0.29, 0.717) is 13.2 Å². The summed E-state index contributed by atoms with van der Waals surface area (Å²) in [6, 6.07) is 7.46. The van der Waals surface area contributed by atoms with Gasteiger partial charge in [-0.05, 0) is 17.7 Å². The van der Waals surface area contributed by atoms with Crippen LogP contribution in [0.2, 0.25) is 0 Å². The molecular formula is C14H16BrNO4. The molecule has 0 aromatic heterocycles. The Bertz CT molecular complexity index is 488. The number of carbonyl (C=O) groups excluding carboxylic acids is 2. The maximum atomic E-state index is 11.4. The molecule has 0 radical (unpaired) electrons. The van der Waals surface area contributed by atoms with Gasteiger partial charge in [0.2, 0.25) is 0 Å². The van der Waals surface area contributed by atoms with Crippen LogP contribution in [0.15, 0.2) is 34.8 Å². The molecule has 0 bridgehead atoms. The van der Waals surface area contributed by atoms with E-state index in [0.717, 1.165) is 10.0 Å². The van der Waals surface area contributed by atoms with Crippen molar-refractivity contribution < 1.29 is 19.1 Å². The lowest BCUT2D eigenvalue weighted by atomic mass is 10.2. The quantitative estimate of drug-likeness (QED) is 0.466. The van der Waals surface area contributed by atoms with Crippen LogP contribution in [0.4, 0.5) is 0 Å². The first kappa shape index (κ1) is 16.4. The van der Waals surface area contributed by atoms with Crippen LogP contribution in [0.1, 0.15) is 5.56 Å². The number of nitrogens with one attached hydrogen (secondary N) is 1. The van der Waals surface area contributed by atoms with Gasteiger partial charge in [-0.25, -0.2) is 4.79 Å². The molecule has 0 unspecified atom stereocenters. The Balaban J connectivity index is 2.33. The van der Waals surface area contributed by atoms with Crippen LogP contribution in [-0.4, -0.2) is 38.7 Å². The molecular weight excluding hydrogens is 326 g/mol. The molecule has 108 valence electrons. The molecule has 1 N–H and O–H groups in total. The molecule has 1 rings (SSSR count). The van der Waals surface area contributed by atoms with Gasteiger partial charge < -0.3 is 14.8 Å². The molecule has 20 heavy (non-hydrogen) atoms. The fraction of sp³-hybridized carbons (Fsp3) is 0.286. The summed E-state index contributed by atoms with van der Waals surface area (Å²) in [4.78, 5) is 22.7. The summed E-state index contributed by atoms with van der Waals surface area (Å²) in [5.74, 6) is -0.924. The van der Waals surface area contributed by atoms with Gasteiger partial charge in [-0.3, -0.25) is 4.79 Å². The third kappa shape index (κ3) is 6.49. The zero-order chi connectivity index (χ0) is 14.8. The van der Waals surface area contributed by atoms with Gasteiger partial charge >= 0.3 is 5.97 Å². The van der Waals surface area contributed by atoms with Crippen molar-refractivity contribution in [3.8, 4) is 0 Å². The predicted molar refractivity (Wildman–Crippen MR) is 79.0 cm³/mol. The average molecular weight is 342 g/mol. The molecule has 1 aromatic carbocycles. The average Bonchev–Trinajstić information content (AvgIpc) is 2.44. The number of esters is 1. The van der Waals surface area contributed by atoms with Gasteiger partial charge in [-0.1, -0.05) is 34.1 Å². The number of rotatable bonds is 7. The Morgan fingerprint density at radius 2 is 2.10 bits per heavy atom. The van der Waals surface area contributed by atoms with E-state index in [4.69, 9.17) is 9.47 Å². The van der Waals surface area contributed by atoms with Gasteiger partial charge in [-0.2, -0.15) is 0 Å². The number of methoxy groups -OCH3 is 1. The van der Waals surface area contributed by atoms with Crippen LogP contribution >= 0.6 is 15.9 Å². The summed E-state index contributed by atoms with van der Waals surface area (Å²) in [5.41, 5.74) is 0.856. The Morgan fingerprint density at radius 1 is 1.35 bits per heavy atom. The number of ether oxygens (including phenoxy) is 2. The predicted octanol–water partition coefficient (Wildman–Crippen LogP) is 1.77. The number of carbonyl (C=O) groups is 2. The minimum Gasteiger partial charge on any atom is -0.452 e. The van der Waals surface area contributed by atoms with Crippen molar-refractivity contribution in [1.82, 2.24) is 5.32 Å². The molecule has 1 aromatic rings. The van der Waals surface area contributed by atoms with E-state index in [1.54, 1.807) is 13.2 Å². The first-order valence-electron chi connectivity index (χ1n) is 5.98. The standard InChI is InChI=1S/C14H16BrNO4/c1-19-9-8-16-13(17)10-20-14(18)7-6-11-4-2-3-5-12(11)15/h2-7H,8-10H2,1H3,(H,16,17)/b7-6+. The Labute approximate surface area is 126 Å². The Hall–Kier alpha value is -1.66. The first-order chi connectivity index (χ1) is 9.63. The van der Waals surface area contributed by atoms with E-state index in [2.05, 4.69) is 21.2 Å². The molecule has 0 saturated heterocycles. The number of hydrogen-bond acceptors (Lipinski definition) is 4. The second-order valence-corrected chi connectivity index (χ2v) is 4.66. The zero-order valence-electron chi connectivity index (χ0n) is 11.1. The molecule has 0 heterocycles. The highest BCUT2D eigenvalue weighted by Crippen LogP contribution is 2.16. The van der Waals surface area contributed by atoms with Gasteiger partial charge in [0.25, 0.3) is 5.91 Å². The number of hydrogen-bond donors (Lipinski definition) is 1. The fourth-order valence-corrected chi connectivity index (χ4v) is 1.71. The van der Waals surface area contributed by atoms with Crippen LogP contribution in [0.3, 0.4) is 0 Å². The first-order valence-corrected chi connectivity index (χ1v) is 6.78. The fourth-order valence-electron chi connectivity index (χ4n) is 1.30. The van der Waals surface area contributed by atoms with Gasteiger partial charge in [0, 0.05) is 24.2 Å². The minimum absolute atomic E-state index is 0.303. The van der Waals surface area contributed by atoms with Crippen molar-refractivity contribution >= 4 is 33.9 Å². The second kappa shape index (κ2) is 9.28. The summed E-state index contributed by atoms with van der Waals surface area (Å²) in [6.45, 7) is 0.504. The maximum absolute atomic E-state index is 11.4. The van der Waals surface area contributed by atoms with Crippen LogP contribution in [-0.2, 0) is 19.1 Å². The van der Waals surface area contributed by atoms with Crippen molar-refractivity contribution in [3.63, 3.8) is 0 Å². The summed E-state index contributed by atoms with van der Waals surface area (Å²) in [7, 11) is 1.54. The van der Waals surface area contributed by atoms with Gasteiger partial charge in [0.1, 0.15) is 0 Å². The van der Waals surface area contributed by atoms with E-state index in [1.807, 2.05) is 24.3 Å². The third-order valence-electron chi connectivity index (χ3n) is 2.28. The summed E-state index contributed by atoms with van der Waals surface area (Å²) in [6.07, 6.45) is 2.90. The van der Waals surface area contributed by atoms with E-state index in [9.17, 15) is 9.59 Å². The lowest BCUT2D eigenvalue weighted by Gasteiger charge is -2.04. The van der Waals surface area contributed by atoms with Gasteiger partial charge in [0.05, 0.1) is 6.61 Å². The highest BCUT2D eigenvalue weighted by Gasteiger charge is 2.04. The van der Waals surface area contributed by atoms with E-state index in [1.165, 1.54) is 6.08 Å². The molecule has 0 aliphatic heterocycles. The minimum atomic E-state index is -0.567. The molecule has 0 spiro atoms. The normalized spacial score (nSPS) is 10.5. The summed E-state index contributed by atoms with van der Waals surface area (Å²) >= 11 is 3.36. The summed E-state index contributed by atoms with van der Waals surface area (Å²) < 4.78 is 10.5. The van der Waals surface area contributed by atoms with E-state index >= 15 is 0 Å². The molecule has 5 nitrogen and oxygen atoms in total. The topological polar surface area (TPSA) is 64.6 Å². The maximum Gasteiger partial charge on any atom is 0.331 e. The third-order valence-corrected chi connectivity index (χ3v) is 3.00. The van der Waals surface area contributed by atoms with Crippen molar-refractivity contribution in [2.24, 2.45) is 0 Å². The van der Waals surface area contributed by atoms with Gasteiger partial charge in [-0.15, -0.1) is 0 Å². The Kier molecular flexibility index (Phi) is 7.60. The highest BCUT2D eigenvalue weighted by atomic mass is 79.9. The molecule has 6 heteroatoms. The Morgan fingerprint density at radius 3 is 2.80 bits per heavy atom. The van der Waals surface area contributed by atoms with Crippen LogP contribution in [0.5, 0.6) is 0 Å². The molecule has 0 atom stereocenters. The molecule has 0 fully saturated rings. The molecule has 0 aliphatic carbocycles. The SMILES string of the molecule is COCCNC(=O)COC(=O)/C=C/c1ccccc1Br. The van der Waals surface area contributed by atoms with E-state index in [-0.39, 0.29) is 12.5 Å². The van der Waals surface area contributed by atoms with Crippen molar-refractivity contribution in [2.45, 2.75) is 0 Å². The largest absolute Gasteiger partial charge is 0.452 e. The lowest BCUT2D eigenvalue weighted by molar-refractivity contribution is -0.143. The van der Waals surface area contributed by atoms with Crippen LogP contribution in [0.25, 0.3) is 6.08 Å². The monoisotopic (exact) mass is 341 g/mol. The smallest absolute Gasteiger partial charge is 0.331 e. The zero-order valence-corrected chi connectivity index (χ0v) is 12.7. The van der Waals surface area contributed by atoms with E-state index < -0.39 is 5.97 Å². The molecule has 0 aliphatic rings. The number of amides is 1. The van der Waals surface area contributed by atoms with Crippen LogP contribution < -0.4 is 5.32 Å². The summed E-state index contributed by atoms with van der Waals surface area (Å²) in [5, 5.41) is 2.55. The van der Waals surface area contributed by atoms with Crippen molar-refractivity contribution in [3.05, 3.63) is 40.4 Å².